The molecule has 1 aromatic rings. The fourth-order valence-electron chi connectivity index (χ4n) is 1.39. The molecule has 4 nitrogen and oxygen atoms in total. The highest BCUT2D eigenvalue weighted by atomic mass is 79.9. The first kappa shape index (κ1) is 19.6. The Hall–Kier alpha value is -0.440. The van der Waals surface area contributed by atoms with E-state index in [1.807, 2.05) is 0 Å². The minimum absolute atomic E-state index is 0. The molecule has 0 aliphatic heterocycles. The first-order valence-corrected chi connectivity index (χ1v) is 6.79. The van der Waals surface area contributed by atoms with Crippen molar-refractivity contribution in [3.8, 4) is 5.75 Å². The number of halogens is 5. The molecular formula is C11H12Br2ClF2NO3. The average molecular weight is 439 g/mol. The van der Waals surface area contributed by atoms with Crippen LogP contribution in [0.2, 0.25) is 0 Å². The summed E-state index contributed by atoms with van der Waals surface area (Å²) in [7, 11) is 0. The van der Waals surface area contributed by atoms with Crippen LogP contribution in [0.15, 0.2) is 21.1 Å². The molecule has 0 bridgehead atoms. The molecule has 0 aromatic heterocycles. The third kappa shape index (κ3) is 3.81. The Morgan fingerprint density at radius 3 is 2.45 bits per heavy atom. The van der Waals surface area contributed by atoms with Crippen LogP contribution in [0.25, 0.3) is 0 Å². The van der Waals surface area contributed by atoms with Gasteiger partial charge in [0.25, 0.3) is 0 Å². The SMILES string of the molecule is CCOC(=O)C(F)(F)[C@H](N)c1c(Br)ccc(Br)c1O.Cl. The summed E-state index contributed by atoms with van der Waals surface area (Å²) in [5.41, 5.74) is 5.14. The normalized spacial score (nSPS) is 12.5. The predicted octanol–water partition coefficient (Wildman–Crippen LogP) is 3.54. The van der Waals surface area contributed by atoms with Gasteiger partial charge in [-0.05, 0) is 35.0 Å². The van der Waals surface area contributed by atoms with E-state index < -0.39 is 23.7 Å². The molecule has 0 saturated carbocycles. The second kappa shape index (κ2) is 7.53. The van der Waals surface area contributed by atoms with Gasteiger partial charge < -0.3 is 15.6 Å². The largest absolute Gasteiger partial charge is 0.506 e. The van der Waals surface area contributed by atoms with Gasteiger partial charge in [0, 0.05) is 10.0 Å². The zero-order chi connectivity index (χ0) is 14.8. The van der Waals surface area contributed by atoms with Gasteiger partial charge in [-0.1, -0.05) is 15.9 Å². The Balaban J connectivity index is 0.00000361. The van der Waals surface area contributed by atoms with Crippen molar-refractivity contribution in [1.29, 1.82) is 0 Å². The minimum atomic E-state index is -3.95. The molecule has 0 spiro atoms. The van der Waals surface area contributed by atoms with E-state index in [1.54, 1.807) is 0 Å². The number of alkyl halides is 2. The Bertz CT molecular complexity index is 503. The molecule has 1 rings (SSSR count). The summed E-state index contributed by atoms with van der Waals surface area (Å²) < 4.78 is 32.3. The number of phenols is 1. The summed E-state index contributed by atoms with van der Waals surface area (Å²) in [6.45, 7) is 1.22. The molecule has 0 saturated heterocycles. The number of esters is 1. The first-order valence-electron chi connectivity index (χ1n) is 5.20. The van der Waals surface area contributed by atoms with Crippen molar-refractivity contribution in [2.75, 3.05) is 6.61 Å². The van der Waals surface area contributed by atoms with Gasteiger partial charge in [-0.25, -0.2) is 4.79 Å². The van der Waals surface area contributed by atoms with Gasteiger partial charge in [0.15, 0.2) is 0 Å². The van der Waals surface area contributed by atoms with E-state index in [2.05, 4.69) is 36.6 Å². The maximum absolute atomic E-state index is 13.8. The van der Waals surface area contributed by atoms with Crippen LogP contribution in [0.4, 0.5) is 8.78 Å². The number of carbonyl (C=O) groups excluding carboxylic acids is 1. The predicted molar refractivity (Wildman–Crippen MR) is 79.3 cm³/mol. The molecule has 0 unspecified atom stereocenters. The van der Waals surface area contributed by atoms with E-state index in [1.165, 1.54) is 19.1 Å². The zero-order valence-electron chi connectivity index (χ0n) is 10.2. The summed E-state index contributed by atoms with van der Waals surface area (Å²) in [5.74, 6) is -6.13. The van der Waals surface area contributed by atoms with Gasteiger partial charge in [0.05, 0.1) is 11.1 Å². The molecule has 0 radical (unpaired) electrons. The van der Waals surface area contributed by atoms with Crippen LogP contribution < -0.4 is 5.73 Å². The lowest BCUT2D eigenvalue weighted by Gasteiger charge is -2.23. The third-order valence-corrected chi connectivity index (χ3v) is 3.70. The van der Waals surface area contributed by atoms with Gasteiger partial charge in [-0.15, -0.1) is 12.4 Å². The summed E-state index contributed by atoms with van der Waals surface area (Å²) >= 11 is 6.01. The molecule has 1 aromatic carbocycles. The highest BCUT2D eigenvalue weighted by Gasteiger charge is 2.49. The number of carbonyl (C=O) groups is 1. The molecule has 0 amide bonds. The van der Waals surface area contributed by atoms with Crippen LogP contribution in [0.3, 0.4) is 0 Å². The number of nitrogens with two attached hydrogens (primary N) is 1. The quantitative estimate of drug-likeness (QED) is 0.704. The Morgan fingerprint density at radius 2 is 1.95 bits per heavy atom. The van der Waals surface area contributed by atoms with Gasteiger partial charge >= 0.3 is 11.9 Å². The van der Waals surface area contributed by atoms with Crippen molar-refractivity contribution in [3.63, 3.8) is 0 Å². The standard InChI is InChI=1S/C11H11Br2F2NO3.ClH/c1-2-19-10(18)11(14,15)9(16)7-5(12)3-4-6(13)8(7)17;/h3-4,9,17H,2,16H2,1H3;1H/t9-;/m1./s1. The van der Waals surface area contributed by atoms with E-state index in [-0.39, 0.29) is 33.5 Å². The zero-order valence-corrected chi connectivity index (χ0v) is 14.2. The lowest BCUT2D eigenvalue weighted by Crippen LogP contribution is -2.42. The average Bonchev–Trinajstić information content (AvgIpc) is 2.34. The highest BCUT2D eigenvalue weighted by Crippen LogP contribution is 2.42. The Morgan fingerprint density at radius 1 is 1.45 bits per heavy atom. The Labute approximate surface area is 137 Å². The second-order valence-corrected chi connectivity index (χ2v) is 5.32. The molecule has 3 N–H and O–H groups in total. The summed E-state index contributed by atoms with van der Waals surface area (Å²) in [4.78, 5) is 11.2. The lowest BCUT2D eigenvalue weighted by atomic mass is 10.0. The van der Waals surface area contributed by atoms with E-state index >= 15 is 0 Å². The van der Waals surface area contributed by atoms with Crippen molar-refractivity contribution >= 4 is 50.2 Å². The summed E-state index contributed by atoms with van der Waals surface area (Å²) in [6, 6.07) is 0.858. The Kier molecular flexibility index (Phi) is 7.37. The van der Waals surface area contributed by atoms with Crippen LogP contribution in [-0.4, -0.2) is 23.6 Å². The maximum Gasteiger partial charge on any atom is 0.379 e. The second-order valence-electron chi connectivity index (χ2n) is 3.61. The molecule has 0 aliphatic rings. The number of phenolic OH excluding ortho intramolecular Hbond substituents is 1. The highest BCUT2D eigenvalue weighted by molar-refractivity contribution is 9.11. The number of benzene rings is 1. The van der Waals surface area contributed by atoms with Crippen LogP contribution in [0.5, 0.6) is 5.75 Å². The van der Waals surface area contributed by atoms with Gasteiger partial charge in [0.1, 0.15) is 11.8 Å². The molecule has 114 valence electrons. The van der Waals surface area contributed by atoms with Crippen LogP contribution in [0, 0.1) is 0 Å². The number of aromatic hydroxyl groups is 1. The fourth-order valence-corrected chi connectivity index (χ4v) is 2.30. The van der Waals surface area contributed by atoms with Crippen LogP contribution in [0.1, 0.15) is 18.5 Å². The van der Waals surface area contributed by atoms with Gasteiger partial charge in [0.2, 0.25) is 0 Å². The molecule has 0 aliphatic carbocycles. The molecule has 1 atom stereocenters. The molecule has 20 heavy (non-hydrogen) atoms. The fraction of sp³-hybridized carbons (Fsp3) is 0.364. The van der Waals surface area contributed by atoms with Gasteiger partial charge in [-0.2, -0.15) is 8.78 Å². The molecule has 0 heterocycles. The van der Waals surface area contributed by atoms with Crippen molar-refractivity contribution in [3.05, 3.63) is 26.6 Å². The third-order valence-electron chi connectivity index (χ3n) is 2.36. The van der Waals surface area contributed by atoms with Crippen molar-refractivity contribution in [2.24, 2.45) is 5.73 Å². The van der Waals surface area contributed by atoms with Crippen molar-refractivity contribution < 1.29 is 23.4 Å². The van der Waals surface area contributed by atoms with Gasteiger partial charge in [-0.3, -0.25) is 0 Å². The van der Waals surface area contributed by atoms with E-state index in [0.29, 0.717) is 0 Å². The lowest BCUT2D eigenvalue weighted by molar-refractivity contribution is -0.174. The van der Waals surface area contributed by atoms with E-state index in [0.717, 1.165) is 0 Å². The maximum atomic E-state index is 13.8. The topological polar surface area (TPSA) is 72.5 Å². The number of ether oxygens (including phenoxy) is 1. The molecule has 9 heteroatoms. The monoisotopic (exact) mass is 437 g/mol. The number of rotatable bonds is 4. The van der Waals surface area contributed by atoms with Crippen molar-refractivity contribution in [1.82, 2.24) is 0 Å². The summed E-state index contributed by atoms with van der Waals surface area (Å²) in [5, 5.41) is 9.78. The number of hydrogen-bond acceptors (Lipinski definition) is 4. The number of hydrogen-bond donors (Lipinski definition) is 2. The molecular weight excluding hydrogens is 427 g/mol. The van der Waals surface area contributed by atoms with E-state index in [4.69, 9.17) is 5.73 Å². The summed E-state index contributed by atoms with van der Waals surface area (Å²) in [6.07, 6.45) is 0. The first-order chi connectivity index (χ1) is 8.73. The van der Waals surface area contributed by atoms with Crippen LogP contribution >= 0.6 is 44.3 Å². The van der Waals surface area contributed by atoms with Crippen molar-refractivity contribution in [2.45, 2.75) is 18.9 Å². The van der Waals surface area contributed by atoms with Crippen LogP contribution in [-0.2, 0) is 9.53 Å². The van der Waals surface area contributed by atoms with E-state index in [9.17, 15) is 18.7 Å². The smallest absolute Gasteiger partial charge is 0.379 e. The molecule has 0 fully saturated rings. The minimum Gasteiger partial charge on any atom is -0.506 e.